The van der Waals surface area contributed by atoms with Crippen LogP contribution in [0, 0.1) is 10.7 Å². The highest BCUT2D eigenvalue weighted by molar-refractivity contribution is 14.1. The minimum Gasteiger partial charge on any atom is -0.478 e. The van der Waals surface area contributed by atoms with Crippen molar-refractivity contribution >= 4 is 85.3 Å². The van der Waals surface area contributed by atoms with Gasteiger partial charge in [-0.25, -0.2) is 4.79 Å². The van der Waals surface area contributed by atoms with Crippen molar-refractivity contribution in [3.8, 4) is 0 Å². The maximum absolute atomic E-state index is 11.7. The van der Waals surface area contributed by atoms with Crippen molar-refractivity contribution in [1.29, 1.82) is 0 Å². The second kappa shape index (κ2) is 8.05. The Morgan fingerprint density at radius 1 is 1.15 bits per heavy atom. The zero-order valence-corrected chi connectivity index (χ0v) is 16.5. The molecule has 110 valence electrons. The summed E-state index contributed by atoms with van der Waals surface area (Å²) in [5.41, 5.74) is 6.30. The number of amides is 1. The van der Waals surface area contributed by atoms with E-state index in [1.54, 1.807) is 0 Å². The number of anilines is 1. The van der Waals surface area contributed by atoms with Gasteiger partial charge in [-0.2, -0.15) is 0 Å². The van der Waals surface area contributed by atoms with Gasteiger partial charge < -0.3 is 21.3 Å². The van der Waals surface area contributed by atoms with Gasteiger partial charge in [0.1, 0.15) is 0 Å². The average molecular weight is 616 g/mol. The molecule has 0 aliphatic heterocycles. The van der Waals surface area contributed by atoms with Crippen LogP contribution in [-0.2, 0) is 11.4 Å². The molecular formula is C11H11I3N2O4. The fourth-order valence-electron chi connectivity index (χ4n) is 1.49. The van der Waals surface area contributed by atoms with Crippen molar-refractivity contribution in [2.24, 2.45) is 5.73 Å². The maximum Gasteiger partial charge on any atom is 0.337 e. The maximum atomic E-state index is 11.7. The minimum atomic E-state index is -1.10. The van der Waals surface area contributed by atoms with Crippen LogP contribution >= 0.6 is 67.8 Å². The predicted molar refractivity (Wildman–Crippen MR) is 99.8 cm³/mol. The number of carboxylic acid groups (broad SMARTS) is 1. The molecule has 0 aliphatic carbocycles. The van der Waals surface area contributed by atoms with Gasteiger partial charge in [0.05, 0.1) is 21.4 Å². The molecule has 1 aromatic rings. The number of aliphatic hydroxyl groups is 1. The van der Waals surface area contributed by atoms with Crippen LogP contribution in [0.2, 0.25) is 0 Å². The second-order valence-corrected chi connectivity index (χ2v) is 6.96. The van der Waals surface area contributed by atoms with E-state index in [1.165, 1.54) is 0 Å². The third-order valence-electron chi connectivity index (χ3n) is 2.42. The van der Waals surface area contributed by atoms with Crippen molar-refractivity contribution in [3.05, 3.63) is 21.8 Å². The third-order valence-corrected chi connectivity index (χ3v) is 5.88. The lowest BCUT2D eigenvalue weighted by atomic mass is 10.1. The van der Waals surface area contributed by atoms with Gasteiger partial charge in [-0.1, -0.05) is 0 Å². The summed E-state index contributed by atoms with van der Waals surface area (Å²) in [5.74, 6) is -1.39. The molecule has 0 aliphatic rings. The van der Waals surface area contributed by atoms with Crippen molar-refractivity contribution in [2.75, 3.05) is 11.9 Å². The molecule has 1 rings (SSSR count). The summed E-state index contributed by atoms with van der Waals surface area (Å²) in [6, 6.07) is 0. The molecule has 0 saturated heterocycles. The van der Waals surface area contributed by atoms with Gasteiger partial charge in [-0.3, -0.25) is 4.79 Å². The number of nitrogens with two attached hydrogens (primary N) is 1. The molecule has 0 spiro atoms. The van der Waals surface area contributed by atoms with E-state index in [0.717, 1.165) is 0 Å². The Balaban J connectivity index is 3.47. The Kier molecular flexibility index (Phi) is 7.37. The molecule has 0 atom stereocenters. The van der Waals surface area contributed by atoms with Crippen LogP contribution in [0.5, 0.6) is 0 Å². The van der Waals surface area contributed by atoms with E-state index in [2.05, 4.69) is 5.32 Å². The molecule has 0 radical (unpaired) electrons. The Labute approximate surface area is 156 Å². The number of hydrogen-bond donors (Lipinski definition) is 4. The van der Waals surface area contributed by atoms with Gasteiger partial charge in [-0.15, -0.1) is 0 Å². The molecule has 0 heterocycles. The van der Waals surface area contributed by atoms with Crippen molar-refractivity contribution < 1.29 is 19.8 Å². The van der Waals surface area contributed by atoms with E-state index in [9.17, 15) is 19.8 Å². The highest BCUT2D eigenvalue weighted by atomic mass is 127. The molecule has 20 heavy (non-hydrogen) atoms. The number of aliphatic hydroxyl groups excluding tert-OH is 1. The van der Waals surface area contributed by atoms with E-state index in [1.807, 2.05) is 67.8 Å². The fourth-order valence-corrected chi connectivity index (χ4v) is 5.72. The monoisotopic (exact) mass is 616 g/mol. The van der Waals surface area contributed by atoms with Gasteiger partial charge in [-0.05, 0) is 67.8 Å². The number of carbonyl (C=O) groups is 2. The lowest BCUT2D eigenvalue weighted by Gasteiger charge is -2.17. The number of aromatic carboxylic acids is 1. The molecule has 5 N–H and O–H groups in total. The van der Waals surface area contributed by atoms with Crippen LogP contribution in [0.25, 0.3) is 0 Å². The lowest BCUT2D eigenvalue weighted by molar-refractivity contribution is -0.116. The molecule has 9 heteroatoms. The van der Waals surface area contributed by atoms with E-state index in [0.29, 0.717) is 22.0 Å². The number of nitrogens with one attached hydrogen (secondary N) is 1. The van der Waals surface area contributed by atoms with Crippen LogP contribution in [0.15, 0.2) is 0 Å². The predicted octanol–water partition coefficient (Wildman–Crippen LogP) is 1.98. The van der Waals surface area contributed by atoms with Crippen molar-refractivity contribution in [1.82, 2.24) is 0 Å². The number of carboxylic acids is 1. The smallest absolute Gasteiger partial charge is 0.337 e. The molecule has 0 fully saturated rings. The molecule has 0 bridgehead atoms. The Bertz CT molecular complexity index is 563. The molecular weight excluding hydrogens is 605 g/mol. The van der Waals surface area contributed by atoms with Crippen molar-refractivity contribution in [2.45, 2.75) is 13.0 Å². The summed E-state index contributed by atoms with van der Waals surface area (Å²) in [6.45, 7) is -0.0878. The summed E-state index contributed by atoms with van der Waals surface area (Å²) in [5, 5.41) is 21.4. The highest BCUT2D eigenvalue weighted by Crippen LogP contribution is 2.35. The topological polar surface area (TPSA) is 113 Å². The first kappa shape index (κ1) is 18.3. The van der Waals surface area contributed by atoms with Crippen molar-refractivity contribution in [3.63, 3.8) is 0 Å². The van der Waals surface area contributed by atoms with Crippen LogP contribution in [0.4, 0.5) is 5.69 Å². The number of benzene rings is 1. The molecule has 0 aromatic heterocycles. The van der Waals surface area contributed by atoms with Crippen LogP contribution < -0.4 is 11.1 Å². The number of halogens is 3. The zero-order valence-electron chi connectivity index (χ0n) is 10.0. The van der Waals surface area contributed by atoms with Crippen LogP contribution in [0.3, 0.4) is 0 Å². The number of rotatable bonds is 5. The zero-order chi connectivity index (χ0) is 15.4. The Morgan fingerprint density at radius 3 is 2.20 bits per heavy atom. The Hall–Kier alpha value is 0.270. The summed E-state index contributed by atoms with van der Waals surface area (Å²) >= 11 is 5.76. The second-order valence-electron chi connectivity index (χ2n) is 3.72. The van der Waals surface area contributed by atoms with E-state index in [4.69, 9.17) is 5.73 Å². The van der Waals surface area contributed by atoms with E-state index in [-0.39, 0.29) is 31.0 Å². The summed E-state index contributed by atoms with van der Waals surface area (Å²) in [7, 11) is 0. The van der Waals surface area contributed by atoms with Crippen LogP contribution in [-0.4, -0.2) is 28.6 Å². The first-order chi connectivity index (χ1) is 9.34. The summed E-state index contributed by atoms with van der Waals surface area (Å²) in [4.78, 5) is 23.0. The first-order valence-corrected chi connectivity index (χ1v) is 8.62. The van der Waals surface area contributed by atoms with Gasteiger partial charge in [0, 0.05) is 25.7 Å². The number of carbonyl (C=O) groups excluding carboxylic acids is 1. The van der Waals surface area contributed by atoms with Gasteiger partial charge in [0.2, 0.25) is 5.91 Å². The van der Waals surface area contributed by atoms with Gasteiger partial charge in [0.25, 0.3) is 0 Å². The normalized spacial score (nSPS) is 10.4. The molecule has 1 aromatic carbocycles. The standard InChI is InChI=1S/C11H11I3N2O4/c12-7-4(3-17)8(13)10(16-5(18)1-2-15)9(14)6(7)11(19)20/h17H,1-3,15H2,(H,16,18)(H,19,20). The quantitative estimate of drug-likeness (QED) is 0.379. The molecule has 0 saturated carbocycles. The summed E-state index contributed by atoms with van der Waals surface area (Å²) in [6.07, 6.45) is 0.148. The molecule has 1 amide bonds. The van der Waals surface area contributed by atoms with Gasteiger partial charge >= 0.3 is 5.97 Å². The SMILES string of the molecule is NCCC(=O)Nc1c(I)c(CO)c(I)c(C(=O)O)c1I. The lowest BCUT2D eigenvalue weighted by Crippen LogP contribution is -2.20. The highest BCUT2D eigenvalue weighted by Gasteiger charge is 2.24. The minimum absolute atomic E-state index is 0.0821. The Morgan fingerprint density at radius 2 is 1.75 bits per heavy atom. The summed E-state index contributed by atoms with van der Waals surface area (Å²) < 4.78 is 1.55. The molecule has 6 nitrogen and oxygen atoms in total. The third kappa shape index (κ3) is 3.92. The first-order valence-electron chi connectivity index (χ1n) is 5.38. The largest absolute Gasteiger partial charge is 0.478 e. The average Bonchev–Trinajstić information content (AvgIpc) is 2.35. The van der Waals surface area contributed by atoms with E-state index < -0.39 is 5.97 Å². The van der Waals surface area contributed by atoms with E-state index >= 15 is 0 Å². The number of hydrogen-bond acceptors (Lipinski definition) is 4. The van der Waals surface area contributed by atoms with Crippen LogP contribution in [0.1, 0.15) is 22.3 Å². The fraction of sp³-hybridized carbons (Fsp3) is 0.273. The molecule has 0 unspecified atom stereocenters. The van der Waals surface area contributed by atoms with Gasteiger partial charge in [0.15, 0.2) is 0 Å².